The van der Waals surface area contributed by atoms with Crippen LogP contribution in [-0.4, -0.2) is 24.7 Å². The van der Waals surface area contributed by atoms with Crippen LogP contribution in [0.25, 0.3) is 21.6 Å². The molecule has 0 saturated carbocycles. The summed E-state index contributed by atoms with van der Waals surface area (Å²) in [5, 5.41) is 10.2. The van der Waals surface area contributed by atoms with Gasteiger partial charge in [0.1, 0.15) is 10.7 Å². The van der Waals surface area contributed by atoms with Crippen LogP contribution < -0.4 is 5.56 Å². The lowest BCUT2D eigenvalue weighted by Gasteiger charge is -2.12. The third kappa shape index (κ3) is 3.27. The topological polar surface area (TPSA) is 76.5 Å². The van der Waals surface area contributed by atoms with Gasteiger partial charge in [-0.25, -0.2) is 4.98 Å². The van der Waals surface area contributed by atoms with Gasteiger partial charge in [0.05, 0.1) is 10.6 Å². The zero-order chi connectivity index (χ0) is 19.8. The number of hydrogen-bond acceptors (Lipinski definition) is 6. The molecule has 0 amide bonds. The molecule has 4 aromatic rings. The van der Waals surface area contributed by atoms with Crippen molar-refractivity contribution >= 4 is 33.3 Å². The molecule has 4 rings (SSSR count). The van der Waals surface area contributed by atoms with Crippen LogP contribution in [0.4, 0.5) is 0 Å². The molecule has 6 nitrogen and oxygen atoms in total. The van der Waals surface area contributed by atoms with Crippen LogP contribution in [0.1, 0.15) is 35.4 Å². The van der Waals surface area contributed by atoms with Gasteiger partial charge in [-0.1, -0.05) is 42.1 Å². The number of thiophene rings is 1. The number of hydrogen-bond donors (Lipinski definition) is 1. The van der Waals surface area contributed by atoms with Crippen LogP contribution in [0, 0.1) is 13.8 Å². The summed E-state index contributed by atoms with van der Waals surface area (Å²) in [4.78, 5) is 22.2. The molecule has 0 aliphatic carbocycles. The standard InChI is InChI=1S/C20H21N5OS2/c1-5-25-17(14-9-7-6-8-10-14)23-24-20(25)28-13(4)16-21-18(26)15-11(2)12(3)27-19(15)22-16/h6-10,13H,5H2,1-4H3,(H,21,22,26)/t13-/m0/s1. The van der Waals surface area contributed by atoms with Crippen LogP contribution in [0.15, 0.2) is 40.3 Å². The Morgan fingerprint density at radius 3 is 2.68 bits per heavy atom. The number of aryl methyl sites for hydroxylation is 2. The second kappa shape index (κ2) is 7.52. The fourth-order valence-electron chi connectivity index (χ4n) is 3.14. The quantitative estimate of drug-likeness (QED) is 0.480. The van der Waals surface area contributed by atoms with Crippen molar-refractivity contribution in [3.8, 4) is 11.4 Å². The van der Waals surface area contributed by atoms with Crippen molar-refractivity contribution in [2.45, 2.75) is 44.6 Å². The Balaban J connectivity index is 1.68. The second-order valence-corrected chi connectivity index (χ2v) is 9.10. The molecule has 3 aromatic heterocycles. The summed E-state index contributed by atoms with van der Waals surface area (Å²) in [6.07, 6.45) is 0. The lowest BCUT2D eigenvalue weighted by Crippen LogP contribution is -2.12. The van der Waals surface area contributed by atoms with E-state index in [1.54, 1.807) is 23.1 Å². The van der Waals surface area contributed by atoms with Crippen molar-refractivity contribution in [3.05, 3.63) is 57.0 Å². The Labute approximate surface area is 171 Å². The summed E-state index contributed by atoms with van der Waals surface area (Å²) in [6, 6.07) is 10.0. The summed E-state index contributed by atoms with van der Waals surface area (Å²) >= 11 is 3.12. The maximum Gasteiger partial charge on any atom is 0.259 e. The second-order valence-electron chi connectivity index (χ2n) is 6.59. The first-order chi connectivity index (χ1) is 13.5. The van der Waals surface area contributed by atoms with Crippen molar-refractivity contribution in [2.24, 2.45) is 0 Å². The average molecular weight is 412 g/mol. The molecule has 0 saturated heterocycles. The highest BCUT2D eigenvalue weighted by atomic mass is 32.2. The molecule has 144 valence electrons. The molecule has 3 heterocycles. The number of aromatic nitrogens is 5. The van der Waals surface area contributed by atoms with E-state index in [1.807, 2.05) is 51.1 Å². The number of fused-ring (bicyclic) bond motifs is 1. The minimum atomic E-state index is -0.0729. The largest absolute Gasteiger partial charge is 0.309 e. The molecule has 0 spiro atoms. The van der Waals surface area contributed by atoms with Crippen LogP contribution in [0.3, 0.4) is 0 Å². The molecule has 0 fully saturated rings. The van der Waals surface area contributed by atoms with Gasteiger partial charge in [0, 0.05) is 17.0 Å². The van der Waals surface area contributed by atoms with E-state index in [0.29, 0.717) is 11.2 Å². The van der Waals surface area contributed by atoms with Gasteiger partial charge in [0.25, 0.3) is 5.56 Å². The van der Waals surface area contributed by atoms with Crippen LogP contribution in [0.2, 0.25) is 0 Å². The first-order valence-corrected chi connectivity index (χ1v) is 10.8. The minimum absolute atomic E-state index is 0.0575. The van der Waals surface area contributed by atoms with Crippen molar-refractivity contribution in [3.63, 3.8) is 0 Å². The molecule has 0 aliphatic heterocycles. The molecule has 1 N–H and O–H groups in total. The Bertz CT molecular complexity index is 1190. The molecule has 0 bridgehead atoms. The summed E-state index contributed by atoms with van der Waals surface area (Å²) in [5.41, 5.74) is 1.98. The molecule has 8 heteroatoms. The van der Waals surface area contributed by atoms with Crippen molar-refractivity contribution < 1.29 is 0 Å². The minimum Gasteiger partial charge on any atom is -0.309 e. The number of thioether (sulfide) groups is 1. The maximum absolute atomic E-state index is 12.6. The zero-order valence-electron chi connectivity index (χ0n) is 16.2. The Hall–Kier alpha value is -2.45. The molecule has 0 aliphatic rings. The van der Waals surface area contributed by atoms with Crippen LogP contribution in [0.5, 0.6) is 0 Å². The Morgan fingerprint density at radius 2 is 1.96 bits per heavy atom. The van der Waals surface area contributed by atoms with E-state index in [0.717, 1.165) is 38.4 Å². The first-order valence-electron chi connectivity index (χ1n) is 9.14. The molecular formula is C20H21N5OS2. The highest BCUT2D eigenvalue weighted by Crippen LogP contribution is 2.35. The highest BCUT2D eigenvalue weighted by molar-refractivity contribution is 7.99. The van der Waals surface area contributed by atoms with E-state index in [2.05, 4.69) is 26.7 Å². The van der Waals surface area contributed by atoms with Crippen molar-refractivity contribution in [1.29, 1.82) is 0 Å². The zero-order valence-corrected chi connectivity index (χ0v) is 17.8. The first kappa shape index (κ1) is 18.9. The monoisotopic (exact) mass is 411 g/mol. The average Bonchev–Trinajstić information content (AvgIpc) is 3.22. The van der Waals surface area contributed by atoms with E-state index in [9.17, 15) is 4.79 Å². The number of H-pyrrole nitrogens is 1. The summed E-state index contributed by atoms with van der Waals surface area (Å²) in [7, 11) is 0. The summed E-state index contributed by atoms with van der Waals surface area (Å²) < 4.78 is 2.09. The smallest absolute Gasteiger partial charge is 0.259 e. The number of rotatable bonds is 5. The SMILES string of the molecule is CCn1c(S[C@@H](C)c2nc3sc(C)c(C)c3c(=O)[nH]2)nnc1-c1ccccc1. The molecule has 1 atom stereocenters. The van der Waals surface area contributed by atoms with E-state index < -0.39 is 0 Å². The van der Waals surface area contributed by atoms with Gasteiger partial charge in [-0.05, 0) is 33.3 Å². The Kier molecular flexibility index (Phi) is 5.07. The molecule has 0 unspecified atom stereocenters. The number of nitrogens with one attached hydrogen (secondary N) is 1. The number of nitrogens with zero attached hydrogens (tertiary/aromatic N) is 4. The van der Waals surface area contributed by atoms with E-state index >= 15 is 0 Å². The normalized spacial score (nSPS) is 12.6. The van der Waals surface area contributed by atoms with Gasteiger partial charge in [-0.3, -0.25) is 4.79 Å². The fourth-order valence-corrected chi connectivity index (χ4v) is 5.15. The summed E-state index contributed by atoms with van der Waals surface area (Å²) in [5.74, 6) is 1.51. The van der Waals surface area contributed by atoms with Gasteiger partial charge < -0.3 is 9.55 Å². The number of benzene rings is 1. The van der Waals surface area contributed by atoms with Gasteiger partial charge in [-0.2, -0.15) is 0 Å². The van der Waals surface area contributed by atoms with E-state index in [1.165, 1.54) is 0 Å². The predicted molar refractivity (Wildman–Crippen MR) is 115 cm³/mol. The van der Waals surface area contributed by atoms with Gasteiger partial charge >= 0.3 is 0 Å². The van der Waals surface area contributed by atoms with Crippen LogP contribution in [-0.2, 0) is 6.54 Å². The lowest BCUT2D eigenvalue weighted by atomic mass is 10.2. The van der Waals surface area contributed by atoms with E-state index in [4.69, 9.17) is 4.98 Å². The molecular weight excluding hydrogens is 390 g/mol. The highest BCUT2D eigenvalue weighted by Gasteiger charge is 2.20. The summed E-state index contributed by atoms with van der Waals surface area (Å²) in [6.45, 7) is 8.86. The van der Waals surface area contributed by atoms with Gasteiger partial charge in [-0.15, -0.1) is 21.5 Å². The predicted octanol–water partition coefficient (Wildman–Crippen LogP) is 4.73. The van der Waals surface area contributed by atoms with Crippen molar-refractivity contribution in [2.75, 3.05) is 0 Å². The third-order valence-electron chi connectivity index (χ3n) is 4.79. The molecule has 1 aromatic carbocycles. The molecule has 28 heavy (non-hydrogen) atoms. The maximum atomic E-state index is 12.6. The van der Waals surface area contributed by atoms with E-state index in [-0.39, 0.29) is 10.8 Å². The molecule has 0 radical (unpaired) electrons. The Morgan fingerprint density at radius 1 is 1.21 bits per heavy atom. The lowest BCUT2D eigenvalue weighted by molar-refractivity contribution is 0.685. The fraction of sp³-hybridized carbons (Fsp3) is 0.300. The van der Waals surface area contributed by atoms with Gasteiger partial charge in [0.2, 0.25) is 0 Å². The number of aromatic amines is 1. The van der Waals surface area contributed by atoms with Gasteiger partial charge in [0.15, 0.2) is 11.0 Å². The van der Waals surface area contributed by atoms with Crippen molar-refractivity contribution in [1.82, 2.24) is 24.7 Å². The van der Waals surface area contributed by atoms with Crippen LogP contribution >= 0.6 is 23.1 Å². The third-order valence-corrected chi connectivity index (χ3v) is 6.98.